The minimum atomic E-state index is -0.474. The van der Waals surface area contributed by atoms with Crippen molar-refractivity contribution in [2.45, 2.75) is 32.9 Å². The predicted molar refractivity (Wildman–Crippen MR) is 84.7 cm³/mol. The number of ether oxygens (including phenoxy) is 1. The van der Waals surface area contributed by atoms with E-state index in [4.69, 9.17) is 4.74 Å². The third kappa shape index (κ3) is 4.23. The molecule has 0 radical (unpaired) electrons. The maximum atomic E-state index is 11.6. The molecule has 0 saturated heterocycles. The fourth-order valence-electron chi connectivity index (χ4n) is 1.87. The van der Waals surface area contributed by atoms with Crippen molar-refractivity contribution in [3.05, 3.63) is 46.4 Å². The molecule has 0 bridgehead atoms. The lowest BCUT2D eigenvalue weighted by atomic mass is 10.1. The molecular formula is C16H18BrNO2. The largest absolute Gasteiger partial charge is 0.444 e. The lowest BCUT2D eigenvalue weighted by Crippen LogP contribution is -2.32. The zero-order valence-corrected chi connectivity index (χ0v) is 13.5. The van der Waals surface area contributed by atoms with Crippen LogP contribution in [0.4, 0.5) is 4.79 Å². The summed E-state index contributed by atoms with van der Waals surface area (Å²) in [4.78, 5) is 11.6. The van der Waals surface area contributed by atoms with Crippen LogP contribution in [0.2, 0.25) is 0 Å². The average molecular weight is 336 g/mol. The van der Waals surface area contributed by atoms with Gasteiger partial charge in [-0.15, -0.1) is 0 Å². The van der Waals surface area contributed by atoms with Gasteiger partial charge in [-0.2, -0.15) is 0 Å². The van der Waals surface area contributed by atoms with Crippen molar-refractivity contribution in [3.63, 3.8) is 0 Å². The lowest BCUT2D eigenvalue weighted by molar-refractivity contribution is 0.0523. The number of rotatable bonds is 2. The van der Waals surface area contributed by atoms with E-state index >= 15 is 0 Å². The van der Waals surface area contributed by atoms with E-state index in [0.717, 1.165) is 15.4 Å². The SMILES string of the molecule is CC(C)(C)OC(=O)NCc1ccc2ccc(Br)cc2c1. The van der Waals surface area contributed by atoms with Crippen LogP contribution in [0, 0.1) is 0 Å². The van der Waals surface area contributed by atoms with E-state index in [2.05, 4.69) is 39.4 Å². The average Bonchev–Trinajstić information content (AvgIpc) is 2.33. The van der Waals surface area contributed by atoms with E-state index < -0.39 is 11.7 Å². The second kappa shape index (κ2) is 5.83. The van der Waals surface area contributed by atoms with Gasteiger partial charge in [-0.25, -0.2) is 4.79 Å². The first-order chi connectivity index (χ1) is 9.33. The highest BCUT2D eigenvalue weighted by Crippen LogP contribution is 2.21. The monoisotopic (exact) mass is 335 g/mol. The Hall–Kier alpha value is -1.55. The molecule has 0 aliphatic carbocycles. The Morgan fingerprint density at radius 3 is 2.55 bits per heavy atom. The lowest BCUT2D eigenvalue weighted by Gasteiger charge is -2.19. The highest BCUT2D eigenvalue weighted by atomic mass is 79.9. The minimum absolute atomic E-state index is 0.396. The third-order valence-corrected chi connectivity index (χ3v) is 3.20. The summed E-state index contributed by atoms with van der Waals surface area (Å²) in [5.74, 6) is 0. The number of alkyl carbamates (subject to hydrolysis) is 1. The van der Waals surface area contributed by atoms with Crippen molar-refractivity contribution in [1.82, 2.24) is 5.32 Å². The summed E-state index contributed by atoms with van der Waals surface area (Å²) >= 11 is 3.46. The van der Waals surface area contributed by atoms with Crippen molar-refractivity contribution in [2.75, 3.05) is 0 Å². The van der Waals surface area contributed by atoms with Gasteiger partial charge < -0.3 is 10.1 Å². The molecule has 1 amide bonds. The number of fused-ring (bicyclic) bond motifs is 1. The molecule has 4 heteroatoms. The molecule has 0 saturated carbocycles. The van der Waals surface area contributed by atoms with Crippen molar-refractivity contribution in [1.29, 1.82) is 0 Å². The van der Waals surface area contributed by atoms with Gasteiger partial charge >= 0.3 is 6.09 Å². The van der Waals surface area contributed by atoms with Crippen LogP contribution in [0.25, 0.3) is 10.8 Å². The van der Waals surface area contributed by atoms with Gasteiger partial charge in [0.1, 0.15) is 5.60 Å². The molecule has 2 aromatic rings. The number of carbonyl (C=O) groups is 1. The van der Waals surface area contributed by atoms with Gasteiger partial charge in [-0.05, 0) is 55.3 Å². The fraction of sp³-hybridized carbons (Fsp3) is 0.312. The Kier molecular flexibility index (Phi) is 4.33. The zero-order valence-electron chi connectivity index (χ0n) is 11.9. The summed E-state index contributed by atoms with van der Waals surface area (Å²) < 4.78 is 6.25. The van der Waals surface area contributed by atoms with E-state index in [1.165, 1.54) is 5.39 Å². The number of amides is 1. The Labute approximate surface area is 127 Å². The Balaban J connectivity index is 2.05. The number of benzene rings is 2. The van der Waals surface area contributed by atoms with Crippen LogP contribution < -0.4 is 5.32 Å². The van der Waals surface area contributed by atoms with E-state index in [1.54, 1.807) is 0 Å². The summed E-state index contributed by atoms with van der Waals surface area (Å²) in [5, 5.41) is 5.08. The fourth-order valence-corrected chi connectivity index (χ4v) is 2.24. The van der Waals surface area contributed by atoms with Crippen LogP contribution in [0.15, 0.2) is 40.9 Å². The van der Waals surface area contributed by atoms with Crippen molar-refractivity contribution in [2.24, 2.45) is 0 Å². The molecule has 0 fully saturated rings. The van der Waals surface area contributed by atoms with Gasteiger partial charge in [0.2, 0.25) is 0 Å². The van der Waals surface area contributed by atoms with Crippen molar-refractivity contribution in [3.8, 4) is 0 Å². The van der Waals surface area contributed by atoms with Crippen molar-refractivity contribution >= 4 is 32.8 Å². The quantitative estimate of drug-likeness (QED) is 0.868. The molecule has 106 valence electrons. The molecule has 2 aromatic carbocycles. The molecule has 0 aliphatic rings. The molecule has 0 heterocycles. The summed E-state index contributed by atoms with van der Waals surface area (Å²) in [6.07, 6.45) is -0.396. The molecule has 20 heavy (non-hydrogen) atoms. The highest BCUT2D eigenvalue weighted by Gasteiger charge is 2.15. The normalized spacial score (nSPS) is 11.4. The van der Waals surface area contributed by atoms with Crippen LogP contribution in [-0.2, 0) is 11.3 Å². The first-order valence-electron chi connectivity index (χ1n) is 6.48. The second-order valence-electron chi connectivity index (χ2n) is 5.68. The molecule has 2 rings (SSSR count). The molecule has 0 aromatic heterocycles. The Morgan fingerprint density at radius 1 is 1.15 bits per heavy atom. The van der Waals surface area contributed by atoms with Gasteiger partial charge in [0.15, 0.2) is 0 Å². The van der Waals surface area contributed by atoms with E-state index in [-0.39, 0.29) is 0 Å². The highest BCUT2D eigenvalue weighted by molar-refractivity contribution is 9.10. The standard InChI is InChI=1S/C16H18BrNO2/c1-16(2,3)20-15(19)18-10-11-4-5-12-6-7-14(17)9-13(12)8-11/h4-9H,10H2,1-3H3,(H,18,19). The molecule has 0 atom stereocenters. The minimum Gasteiger partial charge on any atom is -0.444 e. The topological polar surface area (TPSA) is 38.3 Å². The van der Waals surface area contributed by atoms with Crippen molar-refractivity contribution < 1.29 is 9.53 Å². The maximum absolute atomic E-state index is 11.6. The van der Waals surface area contributed by atoms with Crippen LogP contribution in [0.3, 0.4) is 0 Å². The number of hydrogen-bond donors (Lipinski definition) is 1. The number of carbonyl (C=O) groups excluding carboxylic acids is 1. The van der Waals surface area contributed by atoms with Gasteiger partial charge in [-0.3, -0.25) is 0 Å². The Bertz CT molecular complexity index is 632. The summed E-state index contributed by atoms with van der Waals surface area (Å²) in [6, 6.07) is 12.3. The summed E-state index contributed by atoms with van der Waals surface area (Å²) in [7, 11) is 0. The summed E-state index contributed by atoms with van der Waals surface area (Å²) in [5.41, 5.74) is 0.569. The van der Waals surface area contributed by atoms with Crippen LogP contribution in [-0.4, -0.2) is 11.7 Å². The first kappa shape index (κ1) is 14.9. The summed E-state index contributed by atoms with van der Waals surface area (Å²) in [6.45, 7) is 6.00. The molecule has 3 nitrogen and oxygen atoms in total. The van der Waals surface area contributed by atoms with Gasteiger partial charge in [-0.1, -0.05) is 34.1 Å². The zero-order chi connectivity index (χ0) is 14.8. The smallest absolute Gasteiger partial charge is 0.407 e. The van der Waals surface area contributed by atoms with Crippen LogP contribution in [0.5, 0.6) is 0 Å². The number of nitrogens with one attached hydrogen (secondary N) is 1. The van der Waals surface area contributed by atoms with E-state index in [0.29, 0.717) is 6.54 Å². The van der Waals surface area contributed by atoms with E-state index in [1.807, 2.05) is 39.0 Å². The molecule has 0 spiro atoms. The number of hydrogen-bond acceptors (Lipinski definition) is 2. The van der Waals surface area contributed by atoms with Gasteiger partial charge in [0.05, 0.1) is 0 Å². The Morgan fingerprint density at radius 2 is 1.85 bits per heavy atom. The maximum Gasteiger partial charge on any atom is 0.407 e. The third-order valence-electron chi connectivity index (χ3n) is 2.70. The van der Waals surface area contributed by atoms with Crippen LogP contribution >= 0.6 is 15.9 Å². The second-order valence-corrected chi connectivity index (χ2v) is 6.60. The van der Waals surface area contributed by atoms with E-state index in [9.17, 15) is 4.79 Å². The number of halogens is 1. The van der Waals surface area contributed by atoms with Crippen LogP contribution in [0.1, 0.15) is 26.3 Å². The molecule has 0 aliphatic heterocycles. The first-order valence-corrected chi connectivity index (χ1v) is 7.28. The van der Waals surface area contributed by atoms with Gasteiger partial charge in [0.25, 0.3) is 0 Å². The van der Waals surface area contributed by atoms with Gasteiger partial charge in [0, 0.05) is 11.0 Å². The predicted octanol–water partition coefficient (Wildman–Crippen LogP) is 4.63. The molecule has 0 unspecified atom stereocenters. The molecule has 1 N–H and O–H groups in total. The molecular weight excluding hydrogens is 318 g/mol.